The van der Waals surface area contributed by atoms with Gasteiger partial charge >= 0.3 is 5.97 Å². The van der Waals surface area contributed by atoms with Crippen molar-refractivity contribution in [1.82, 2.24) is 15.5 Å². The molecular weight excluding hydrogens is 710 g/mol. The summed E-state index contributed by atoms with van der Waals surface area (Å²) in [7, 11) is 5.42. The fraction of sp³-hybridized carbons (Fsp3) is 0.976. The summed E-state index contributed by atoms with van der Waals surface area (Å²) in [6.07, 6.45) is -5.79. The number of hydrogen-bond donors (Lipinski definition) is 6. The Morgan fingerprint density at radius 1 is 0.964 bits per heavy atom. The molecule has 0 aliphatic carbocycles. The average molecular weight is 790 g/mol. The summed E-state index contributed by atoms with van der Waals surface area (Å²) in [5.74, 6) is -2.43. The molecule has 0 aromatic heterocycles. The molecule has 0 aromatic rings. The van der Waals surface area contributed by atoms with Crippen molar-refractivity contribution in [2.75, 3.05) is 40.8 Å². The van der Waals surface area contributed by atoms with Gasteiger partial charge in [0.2, 0.25) is 0 Å². The van der Waals surface area contributed by atoms with E-state index in [2.05, 4.69) is 31.4 Å². The second-order valence-corrected chi connectivity index (χ2v) is 18.4. The molecule has 3 aliphatic rings. The number of esters is 1. The van der Waals surface area contributed by atoms with Gasteiger partial charge in [-0.3, -0.25) is 4.79 Å². The predicted molar refractivity (Wildman–Crippen MR) is 210 cm³/mol. The van der Waals surface area contributed by atoms with Gasteiger partial charge in [0.15, 0.2) is 12.6 Å². The number of nitrogens with zero attached hydrogens (tertiary/aromatic N) is 1. The van der Waals surface area contributed by atoms with E-state index in [9.17, 15) is 25.2 Å². The summed E-state index contributed by atoms with van der Waals surface area (Å²) in [5, 5.41) is 53.5. The Kier molecular flexibility index (Phi) is 17.0. The number of likely N-dealkylation sites (N-methyl/N-ethyl adjacent to an activating group) is 2. The lowest BCUT2D eigenvalue weighted by Crippen LogP contribution is -2.70. The van der Waals surface area contributed by atoms with E-state index in [1.54, 1.807) is 27.9 Å². The van der Waals surface area contributed by atoms with E-state index in [1.165, 1.54) is 6.92 Å². The molecule has 0 spiro atoms. The van der Waals surface area contributed by atoms with Gasteiger partial charge in [-0.15, -0.1) is 0 Å². The van der Waals surface area contributed by atoms with Crippen molar-refractivity contribution < 1.29 is 53.6 Å². The van der Waals surface area contributed by atoms with E-state index in [1.807, 2.05) is 53.6 Å². The highest BCUT2D eigenvalue weighted by Gasteiger charge is 2.58. The maximum absolute atomic E-state index is 14.4. The first-order valence-electron chi connectivity index (χ1n) is 20.7. The van der Waals surface area contributed by atoms with Gasteiger partial charge in [0.25, 0.3) is 0 Å². The molecule has 3 saturated heterocycles. The Labute approximate surface area is 331 Å². The molecule has 0 radical (unpaired) electrons. The van der Waals surface area contributed by atoms with Gasteiger partial charge in [-0.1, -0.05) is 41.5 Å². The van der Waals surface area contributed by atoms with E-state index in [4.69, 9.17) is 28.4 Å². The number of carbonyl (C=O) groups excluding carboxylic acids is 1. The van der Waals surface area contributed by atoms with E-state index in [-0.39, 0.29) is 43.5 Å². The molecule has 3 rings (SSSR count). The lowest BCUT2D eigenvalue weighted by atomic mass is 9.72. The van der Waals surface area contributed by atoms with Gasteiger partial charge < -0.3 is 64.4 Å². The molecule has 3 aliphatic heterocycles. The van der Waals surface area contributed by atoms with Crippen molar-refractivity contribution in [3.05, 3.63) is 0 Å². The minimum absolute atomic E-state index is 0.0559. The molecule has 3 fully saturated rings. The summed E-state index contributed by atoms with van der Waals surface area (Å²) >= 11 is 0. The predicted octanol–water partition coefficient (Wildman–Crippen LogP) is 2.81. The average Bonchev–Trinajstić information content (AvgIpc) is 3.11. The summed E-state index contributed by atoms with van der Waals surface area (Å²) in [6, 6.07) is -0.257. The summed E-state index contributed by atoms with van der Waals surface area (Å²) in [4.78, 5) is 16.3. The lowest BCUT2D eigenvalue weighted by Gasteiger charge is -2.54. The Bertz CT molecular complexity index is 1210. The molecule has 3 heterocycles. The monoisotopic (exact) mass is 790 g/mol. The Hall–Kier alpha value is -1.01. The molecule has 0 unspecified atom stereocenters. The van der Waals surface area contributed by atoms with Crippen LogP contribution in [0, 0.1) is 23.2 Å². The number of carbonyl (C=O) groups is 1. The normalized spacial score (nSPS) is 46.8. The topological polar surface area (TPSA) is 181 Å². The van der Waals surface area contributed by atoms with Gasteiger partial charge in [0, 0.05) is 44.6 Å². The van der Waals surface area contributed by atoms with Crippen molar-refractivity contribution in [2.45, 2.75) is 193 Å². The van der Waals surface area contributed by atoms with Gasteiger partial charge in [-0.25, -0.2) is 0 Å². The SMILES string of the molecule is CCNC[C@@]1(O)[C@H](C)O[C@H](O[C@@H]2[C@H](C)[C@@H](O[C@@H]3O[C@H](C)C[C@H](N(C)C)[C@H]3O)C(C)(C)C[C@@H](C)NC[C@H](C)[C@@H](O)[C@](C)(O)[C@@H](CC)OC(=O)[C@@H]2C)C[C@]1(C)OC. The van der Waals surface area contributed by atoms with Crippen LogP contribution in [0.25, 0.3) is 0 Å². The maximum atomic E-state index is 14.4. The number of ether oxygens (including phenoxy) is 6. The molecule has 17 atom stereocenters. The fourth-order valence-corrected chi connectivity index (χ4v) is 9.40. The van der Waals surface area contributed by atoms with Crippen LogP contribution in [0.1, 0.15) is 109 Å². The number of methoxy groups -OCH3 is 1. The first-order chi connectivity index (χ1) is 25.4. The van der Waals surface area contributed by atoms with Crippen molar-refractivity contribution >= 4 is 5.97 Å². The van der Waals surface area contributed by atoms with Gasteiger partial charge in [-0.2, -0.15) is 0 Å². The van der Waals surface area contributed by atoms with Crippen molar-refractivity contribution in [3.63, 3.8) is 0 Å². The van der Waals surface area contributed by atoms with Gasteiger partial charge in [0.05, 0.1) is 36.4 Å². The number of nitrogens with one attached hydrogen (secondary N) is 2. The molecule has 324 valence electrons. The fourth-order valence-electron chi connectivity index (χ4n) is 9.40. The zero-order chi connectivity index (χ0) is 41.8. The smallest absolute Gasteiger partial charge is 0.311 e. The zero-order valence-corrected chi connectivity index (χ0v) is 36.6. The third-order valence-electron chi connectivity index (χ3n) is 13.1. The van der Waals surface area contributed by atoms with Crippen molar-refractivity contribution in [3.8, 4) is 0 Å². The number of cyclic esters (lactones) is 1. The van der Waals surface area contributed by atoms with Crippen LogP contribution in [0.4, 0.5) is 0 Å². The third kappa shape index (κ3) is 10.8. The van der Waals surface area contributed by atoms with Crippen LogP contribution >= 0.6 is 0 Å². The summed E-state index contributed by atoms with van der Waals surface area (Å²) < 4.78 is 38.8. The minimum Gasteiger partial charge on any atom is -0.459 e. The highest BCUT2D eigenvalue weighted by Crippen LogP contribution is 2.44. The first kappa shape index (κ1) is 48.4. The highest BCUT2D eigenvalue weighted by atomic mass is 16.7. The minimum atomic E-state index is -1.74. The molecule has 14 nitrogen and oxygen atoms in total. The standard InChI is InChI=1S/C41H79N3O11/c1-16-30-40(12,48)34(46)23(3)21-43-24(4)19-38(9,10)35(55-37-32(45)29(44(13)14)18-25(5)51-37)26(6)33(27(7)36(47)53-30)54-31-20-39(11,50-15)41(49,22-42-17-2)28(8)52-31/h23-35,37,42-43,45-46,48-49H,16-22H2,1-15H3/t23-,24+,25+,26-,27+,28-,29-,30+,31+,32+,33+,34+,35+,37-,39-,40+,41+/m0/s1. The van der Waals surface area contributed by atoms with Gasteiger partial charge in [-0.05, 0) is 92.8 Å². The van der Waals surface area contributed by atoms with E-state index < -0.39 is 89.2 Å². The van der Waals surface area contributed by atoms with Crippen molar-refractivity contribution in [2.24, 2.45) is 23.2 Å². The summed E-state index contributed by atoms with van der Waals surface area (Å²) in [6.45, 7) is 24.0. The van der Waals surface area contributed by atoms with Crippen LogP contribution in [-0.4, -0.2) is 156 Å². The van der Waals surface area contributed by atoms with E-state index in [0.29, 0.717) is 25.9 Å². The number of rotatable bonds is 10. The molecule has 55 heavy (non-hydrogen) atoms. The highest BCUT2D eigenvalue weighted by molar-refractivity contribution is 5.73. The molecule has 0 bridgehead atoms. The molecule has 6 N–H and O–H groups in total. The van der Waals surface area contributed by atoms with Crippen LogP contribution in [0.5, 0.6) is 0 Å². The Balaban J connectivity index is 2.17. The van der Waals surface area contributed by atoms with E-state index in [0.717, 1.165) is 0 Å². The summed E-state index contributed by atoms with van der Waals surface area (Å²) in [5.41, 5.74) is -4.81. The van der Waals surface area contributed by atoms with Crippen LogP contribution in [0.2, 0.25) is 0 Å². The zero-order valence-electron chi connectivity index (χ0n) is 36.6. The third-order valence-corrected chi connectivity index (χ3v) is 13.1. The largest absolute Gasteiger partial charge is 0.459 e. The van der Waals surface area contributed by atoms with Crippen LogP contribution < -0.4 is 10.6 Å². The number of aliphatic hydroxyl groups is 4. The van der Waals surface area contributed by atoms with E-state index >= 15 is 0 Å². The van der Waals surface area contributed by atoms with Crippen LogP contribution in [-0.2, 0) is 33.2 Å². The molecule has 0 amide bonds. The second kappa shape index (κ2) is 19.4. The maximum Gasteiger partial charge on any atom is 0.311 e. The Morgan fingerprint density at radius 3 is 2.16 bits per heavy atom. The molecule has 0 saturated carbocycles. The number of aliphatic hydroxyl groups excluding tert-OH is 2. The molecule has 14 heteroatoms. The first-order valence-corrected chi connectivity index (χ1v) is 20.7. The van der Waals surface area contributed by atoms with Crippen molar-refractivity contribution in [1.29, 1.82) is 0 Å². The Morgan fingerprint density at radius 2 is 1.60 bits per heavy atom. The van der Waals surface area contributed by atoms with Crippen LogP contribution in [0.3, 0.4) is 0 Å². The lowest BCUT2D eigenvalue weighted by molar-refractivity contribution is -0.334. The second-order valence-electron chi connectivity index (χ2n) is 18.4. The van der Waals surface area contributed by atoms with Crippen LogP contribution in [0.15, 0.2) is 0 Å². The number of hydrogen-bond acceptors (Lipinski definition) is 14. The van der Waals surface area contributed by atoms with Gasteiger partial charge in [0.1, 0.15) is 29.0 Å². The molecule has 0 aromatic carbocycles. The molecular formula is C41H79N3O11. The quantitative estimate of drug-likeness (QED) is 0.178.